The van der Waals surface area contributed by atoms with E-state index in [1.54, 1.807) is 18.3 Å². The standard InChI is InChI=1S/C14H13NO4/c1-9-4-3-7-15-13(9)19-12-8-10(14(16)17)5-6-11(12)18-2/h3-8H,1-2H3,(H,16,17). The van der Waals surface area contributed by atoms with Gasteiger partial charge >= 0.3 is 5.97 Å². The summed E-state index contributed by atoms with van der Waals surface area (Å²) in [5.41, 5.74) is 0.981. The van der Waals surface area contributed by atoms with Gasteiger partial charge in [-0.2, -0.15) is 0 Å². The Hall–Kier alpha value is -2.56. The van der Waals surface area contributed by atoms with Gasteiger partial charge in [-0.3, -0.25) is 0 Å². The van der Waals surface area contributed by atoms with E-state index >= 15 is 0 Å². The number of benzene rings is 1. The van der Waals surface area contributed by atoms with Crippen molar-refractivity contribution in [2.24, 2.45) is 0 Å². The van der Waals surface area contributed by atoms with Crippen molar-refractivity contribution in [2.45, 2.75) is 6.92 Å². The molecule has 0 radical (unpaired) electrons. The van der Waals surface area contributed by atoms with Crippen LogP contribution in [0.5, 0.6) is 17.4 Å². The maximum absolute atomic E-state index is 11.0. The van der Waals surface area contributed by atoms with E-state index < -0.39 is 5.97 Å². The number of carboxylic acid groups (broad SMARTS) is 1. The van der Waals surface area contributed by atoms with Crippen LogP contribution in [0.15, 0.2) is 36.5 Å². The summed E-state index contributed by atoms with van der Waals surface area (Å²) in [6.45, 7) is 1.86. The van der Waals surface area contributed by atoms with Gasteiger partial charge in [0.15, 0.2) is 11.5 Å². The predicted octanol–water partition coefficient (Wildman–Crippen LogP) is 2.89. The van der Waals surface area contributed by atoms with Crippen molar-refractivity contribution in [1.29, 1.82) is 0 Å². The first-order chi connectivity index (χ1) is 9.11. The summed E-state index contributed by atoms with van der Waals surface area (Å²) in [6, 6.07) is 8.08. The molecular formula is C14H13NO4. The Bertz CT molecular complexity index is 610. The Labute approximate surface area is 110 Å². The molecule has 1 aromatic heterocycles. The number of pyridine rings is 1. The molecule has 1 N–H and O–H groups in total. The number of aromatic carboxylic acids is 1. The van der Waals surface area contributed by atoms with Crippen molar-refractivity contribution in [2.75, 3.05) is 7.11 Å². The van der Waals surface area contributed by atoms with Crippen molar-refractivity contribution in [3.05, 3.63) is 47.7 Å². The average molecular weight is 259 g/mol. The molecule has 2 aromatic rings. The largest absolute Gasteiger partial charge is 0.493 e. The third kappa shape index (κ3) is 2.82. The van der Waals surface area contributed by atoms with Crippen LogP contribution in [0.1, 0.15) is 15.9 Å². The summed E-state index contributed by atoms with van der Waals surface area (Å²) in [5.74, 6) is 0.174. The molecule has 0 aliphatic rings. The Morgan fingerprint density at radius 1 is 1.26 bits per heavy atom. The zero-order chi connectivity index (χ0) is 13.8. The van der Waals surface area contributed by atoms with Gasteiger partial charge in [0.2, 0.25) is 5.88 Å². The molecule has 0 fully saturated rings. The first kappa shape index (κ1) is 12.9. The fraction of sp³-hybridized carbons (Fsp3) is 0.143. The number of carbonyl (C=O) groups is 1. The lowest BCUT2D eigenvalue weighted by Crippen LogP contribution is -1.99. The zero-order valence-electron chi connectivity index (χ0n) is 10.6. The number of methoxy groups -OCH3 is 1. The van der Waals surface area contributed by atoms with Crippen LogP contribution in [-0.4, -0.2) is 23.2 Å². The molecule has 0 spiro atoms. The lowest BCUT2D eigenvalue weighted by atomic mass is 10.2. The van der Waals surface area contributed by atoms with Crippen molar-refractivity contribution in [1.82, 2.24) is 4.98 Å². The summed E-state index contributed by atoms with van der Waals surface area (Å²) >= 11 is 0. The Morgan fingerprint density at radius 3 is 2.68 bits per heavy atom. The van der Waals surface area contributed by atoms with Crippen molar-refractivity contribution < 1.29 is 19.4 Å². The van der Waals surface area contributed by atoms with Gasteiger partial charge in [0, 0.05) is 11.8 Å². The van der Waals surface area contributed by atoms with Crippen molar-refractivity contribution in [3.8, 4) is 17.4 Å². The molecule has 0 amide bonds. The van der Waals surface area contributed by atoms with Gasteiger partial charge in [-0.1, -0.05) is 6.07 Å². The lowest BCUT2D eigenvalue weighted by molar-refractivity contribution is 0.0696. The molecule has 1 heterocycles. The van der Waals surface area contributed by atoms with Crippen LogP contribution in [0, 0.1) is 6.92 Å². The van der Waals surface area contributed by atoms with E-state index in [1.165, 1.54) is 19.2 Å². The first-order valence-corrected chi connectivity index (χ1v) is 5.62. The minimum absolute atomic E-state index is 0.129. The Kier molecular flexibility index (Phi) is 3.66. The van der Waals surface area contributed by atoms with Crippen LogP contribution in [0.4, 0.5) is 0 Å². The van der Waals surface area contributed by atoms with Gasteiger partial charge < -0.3 is 14.6 Å². The highest BCUT2D eigenvalue weighted by Crippen LogP contribution is 2.32. The maximum atomic E-state index is 11.0. The molecular weight excluding hydrogens is 246 g/mol. The van der Waals surface area contributed by atoms with E-state index in [-0.39, 0.29) is 5.56 Å². The van der Waals surface area contributed by atoms with Crippen LogP contribution in [0.3, 0.4) is 0 Å². The van der Waals surface area contributed by atoms with Crippen LogP contribution in [0.2, 0.25) is 0 Å². The SMILES string of the molecule is COc1ccc(C(=O)O)cc1Oc1ncccc1C. The molecule has 98 valence electrons. The number of nitrogens with zero attached hydrogens (tertiary/aromatic N) is 1. The van der Waals surface area contributed by atoms with E-state index in [2.05, 4.69) is 4.98 Å². The molecule has 5 heteroatoms. The van der Waals surface area contributed by atoms with Gasteiger partial charge in [0.25, 0.3) is 0 Å². The summed E-state index contributed by atoms with van der Waals surface area (Å²) in [7, 11) is 1.49. The number of hydrogen-bond donors (Lipinski definition) is 1. The third-order valence-electron chi connectivity index (χ3n) is 2.58. The number of aromatic nitrogens is 1. The van der Waals surface area contributed by atoms with Crippen LogP contribution >= 0.6 is 0 Å². The summed E-state index contributed by atoms with van der Waals surface area (Å²) in [4.78, 5) is 15.1. The Balaban J connectivity index is 2.40. The highest BCUT2D eigenvalue weighted by atomic mass is 16.5. The van der Waals surface area contributed by atoms with Gasteiger partial charge in [-0.25, -0.2) is 9.78 Å². The van der Waals surface area contributed by atoms with E-state index in [9.17, 15) is 4.79 Å². The van der Waals surface area contributed by atoms with Crippen molar-refractivity contribution >= 4 is 5.97 Å². The third-order valence-corrected chi connectivity index (χ3v) is 2.58. The molecule has 5 nitrogen and oxygen atoms in total. The number of hydrogen-bond acceptors (Lipinski definition) is 4. The normalized spacial score (nSPS) is 10.0. The Morgan fingerprint density at radius 2 is 2.05 bits per heavy atom. The minimum atomic E-state index is -1.02. The summed E-state index contributed by atoms with van der Waals surface area (Å²) < 4.78 is 10.8. The molecule has 19 heavy (non-hydrogen) atoms. The van der Waals surface area contributed by atoms with E-state index in [0.29, 0.717) is 17.4 Å². The zero-order valence-corrected chi connectivity index (χ0v) is 10.6. The molecule has 0 saturated carbocycles. The van der Waals surface area contributed by atoms with Crippen LogP contribution in [0.25, 0.3) is 0 Å². The molecule has 0 atom stereocenters. The molecule has 0 saturated heterocycles. The fourth-order valence-corrected chi connectivity index (χ4v) is 1.57. The van der Waals surface area contributed by atoms with Crippen LogP contribution < -0.4 is 9.47 Å². The van der Waals surface area contributed by atoms with E-state index in [0.717, 1.165) is 5.56 Å². The minimum Gasteiger partial charge on any atom is -0.493 e. The molecule has 2 rings (SSSR count). The van der Waals surface area contributed by atoms with Gasteiger partial charge in [-0.15, -0.1) is 0 Å². The quantitative estimate of drug-likeness (QED) is 0.914. The highest BCUT2D eigenvalue weighted by molar-refractivity contribution is 5.88. The number of rotatable bonds is 4. The van der Waals surface area contributed by atoms with Crippen molar-refractivity contribution in [3.63, 3.8) is 0 Å². The smallest absolute Gasteiger partial charge is 0.335 e. The monoisotopic (exact) mass is 259 g/mol. The second-order valence-corrected chi connectivity index (χ2v) is 3.90. The maximum Gasteiger partial charge on any atom is 0.335 e. The molecule has 0 bridgehead atoms. The lowest BCUT2D eigenvalue weighted by Gasteiger charge is -2.11. The predicted molar refractivity (Wildman–Crippen MR) is 69.0 cm³/mol. The molecule has 1 aromatic carbocycles. The summed E-state index contributed by atoms with van der Waals surface area (Å²) in [5, 5.41) is 8.98. The number of carboxylic acids is 1. The van der Waals surface area contributed by atoms with E-state index in [1.807, 2.05) is 13.0 Å². The second-order valence-electron chi connectivity index (χ2n) is 3.90. The second kappa shape index (κ2) is 5.39. The first-order valence-electron chi connectivity index (χ1n) is 5.62. The highest BCUT2D eigenvalue weighted by Gasteiger charge is 2.12. The van der Waals surface area contributed by atoms with Crippen LogP contribution in [-0.2, 0) is 0 Å². The van der Waals surface area contributed by atoms with Gasteiger partial charge in [0.05, 0.1) is 12.7 Å². The molecule has 0 aliphatic carbocycles. The topological polar surface area (TPSA) is 68.7 Å². The fourth-order valence-electron chi connectivity index (χ4n) is 1.57. The molecule has 0 unspecified atom stereocenters. The number of aryl methyl sites for hydroxylation is 1. The molecule has 0 aliphatic heterocycles. The van der Waals surface area contributed by atoms with E-state index in [4.69, 9.17) is 14.6 Å². The summed E-state index contributed by atoms with van der Waals surface area (Å²) in [6.07, 6.45) is 1.61. The van der Waals surface area contributed by atoms with Gasteiger partial charge in [0.1, 0.15) is 0 Å². The van der Waals surface area contributed by atoms with Gasteiger partial charge in [-0.05, 0) is 31.2 Å². The number of ether oxygens (including phenoxy) is 2. The average Bonchev–Trinajstić information content (AvgIpc) is 2.41.